The molecule has 0 aliphatic carbocycles. The largest absolute Gasteiger partial charge is 0.378 e. The van der Waals surface area contributed by atoms with Gasteiger partial charge >= 0.3 is 0 Å². The van der Waals surface area contributed by atoms with E-state index in [1.54, 1.807) is 12.3 Å². The van der Waals surface area contributed by atoms with Crippen LogP contribution in [-0.2, 0) is 20.3 Å². The van der Waals surface area contributed by atoms with Crippen LogP contribution in [0.25, 0.3) is 10.9 Å². The average Bonchev–Trinajstić information content (AvgIpc) is 3.03. The Morgan fingerprint density at radius 2 is 2.15 bits per heavy atom. The molecule has 0 spiro atoms. The standard InChI is InChI=1S/C14H16ClNO3S/c15-20(17,18)14-10-16(8-7-11-4-3-9-19-11)13-6-2-1-5-12(13)14/h1-2,5-6,10-11H,3-4,7-9H2. The van der Waals surface area contributed by atoms with Crippen LogP contribution in [0.3, 0.4) is 0 Å². The predicted molar refractivity (Wildman–Crippen MR) is 78.6 cm³/mol. The van der Waals surface area contributed by atoms with Crippen molar-refractivity contribution in [1.29, 1.82) is 0 Å². The van der Waals surface area contributed by atoms with Gasteiger partial charge in [0.1, 0.15) is 4.90 Å². The Hall–Kier alpha value is -1.04. The molecule has 1 saturated heterocycles. The lowest BCUT2D eigenvalue weighted by molar-refractivity contribution is 0.101. The molecule has 1 aliphatic heterocycles. The highest BCUT2D eigenvalue weighted by Gasteiger charge is 2.20. The molecule has 1 unspecified atom stereocenters. The average molecular weight is 314 g/mol. The fourth-order valence-electron chi connectivity index (χ4n) is 2.75. The third kappa shape index (κ3) is 2.71. The number of aromatic nitrogens is 1. The summed E-state index contributed by atoms with van der Waals surface area (Å²) in [5.74, 6) is 0. The molecule has 1 aromatic heterocycles. The van der Waals surface area contributed by atoms with Crippen molar-refractivity contribution in [2.45, 2.75) is 36.8 Å². The molecule has 0 radical (unpaired) electrons. The van der Waals surface area contributed by atoms with Gasteiger partial charge in [-0.25, -0.2) is 8.42 Å². The van der Waals surface area contributed by atoms with Gasteiger partial charge < -0.3 is 9.30 Å². The summed E-state index contributed by atoms with van der Waals surface area (Å²) in [6, 6.07) is 7.41. The quantitative estimate of drug-likeness (QED) is 0.815. The van der Waals surface area contributed by atoms with Crippen LogP contribution in [-0.4, -0.2) is 25.7 Å². The van der Waals surface area contributed by atoms with Crippen LogP contribution in [0.4, 0.5) is 0 Å². The molecule has 2 heterocycles. The van der Waals surface area contributed by atoms with E-state index in [-0.39, 0.29) is 11.0 Å². The number of hydrogen-bond donors (Lipinski definition) is 0. The summed E-state index contributed by atoms with van der Waals surface area (Å²) in [6.45, 7) is 1.57. The second kappa shape index (κ2) is 5.39. The Bertz CT molecular complexity index is 717. The third-order valence-corrected chi connectivity index (χ3v) is 5.08. The van der Waals surface area contributed by atoms with Crippen LogP contribution in [0.1, 0.15) is 19.3 Å². The van der Waals surface area contributed by atoms with E-state index in [1.165, 1.54) is 0 Å². The smallest absolute Gasteiger partial charge is 0.263 e. The predicted octanol–water partition coefficient (Wildman–Crippen LogP) is 3.14. The van der Waals surface area contributed by atoms with Crippen molar-refractivity contribution >= 4 is 30.6 Å². The Kier molecular flexibility index (Phi) is 3.75. The van der Waals surface area contributed by atoms with E-state index < -0.39 is 9.05 Å². The molecular weight excluding hydrogens is 298 g/mol. The maximum absolute atomic E-state index is 11.6. The lowest BCUT2D eigenvalue weighted by Crippen LogP contribution is -2.09. The minimum absolute atomic E-state index is 0.183. The number of rotatable bonds is 4. The van der Waals surface area contributed by atoms with E-state index in [4.69, 9.17) is 15.4 Å². The number of para-hydroxylation sites is 1. The zero-order chi connectivity index (χ0) is 14.2. The van der Waals surface area contributed by atoms with Gasteiger partial charge in [-0.3, -0.25) is 0 Å². The lowest BCUT2D eigenvalue weighted by atomic mass is 10.2. The zero-order valence-corrected chi connectivity index (χ0v) is 12.5. The van der Waals surface area contributed by atoms with Crippen molar-refractivity contribution in [2.24, 2.45) is 0 Å². The van der Waals surface area contributed by atoms with Crippen LogP contribution in [0.2, 0.25) is 0 Å². The zero-order valence-electron chi connectivity index (χ0n) is 11.0. The monoisotopic (exact) mass is 313 g/mol. The summed E-state index contributed by atoms with van der Waals surface area (Å²) in [5.41, 5.74) is 0.893. The van der Waals surface area contributed by atoms with Gasteiger partial charge in [0, 0.05) is 40.9 Å². The highest BCUT2D eigenvalue weighted by molar-refractivity contribution is 8.14. The van der Waals surface area contributed by atoms with E-state index in [2.05, 4.69) is 0 Å². The normalized spacial score (nSPS) is 19.8. The molecule has 0 bridgehead atoms. The summed E-state index contributed by atoms with van der Waals surface area (Å²) in [6.07, 6.45) is 4.99. The Balaban J connectivity index is 1.94. The van der Waals surface area contributed by atoms with Crippen molar-refractivity contribution in [3.05, 3.63) is 30.5 Å². The van der Waals surface area contributed by atoms with Crippen molar-refractivity contribution in [3.63, 3.8) is 0 Å². The van der Waals surface area contributed by atoms with Crippen molar-refractivity contribution in [3.8, 4) is 0 Å². The van der Waals surface area contributed by atoms with E-state index >= 15 is 0 Å². The molecule has 0 amide bonds. The number of ether oxygens (including phenoxy) is 1. The van der Waals surface area contributed by atoms with Gasteiger partial charge in [0.2, 0.25) is 0 Å². The molecule has 1 aromatic carbocycles. The molecule has 4 nitrogen and oxygen atoms in total. The molecule has 1 aliphatic rings. The number of hydrogen-bond acceptors (Lipinski definition) is 3. The number of nitrogens with zero attached hydrogens (tertiary/aromatic N) is 1. The van der Waals surface area contributed by atoms with Crippen LogP contribution < -0.4 is 0 Å². The first-order chi connectivity index (χ1) is 9.55. The molecular formula is C14H16ClNO3S. The summed E-state index contributed by atoms with van der Waals surface area (Å²) < 4.78 is 30.8. The molecule has 1 atom stereocenters. The second-order valence-electron chi connectivity index (χ2n) is 5.07. The van der Waals surface area contributed by atoms with E-state index in [9.17, 15) is 8.42 Å². The molecule has 1 fully saturated rings. The third-order valence-electron chi connectivity index (χ3n) is 3.73. The molecule has 3 rings (SSSR count). The van der Waals surface area contributed by atoms with E-state index in [1.807, 2.05) is 22.8 Å². The maximum Gasteiger partial charge on any atom is 0.263 e. The van der Waals surface area contributed by atoms with Gasteiger partial charge in [-0.05, 0) is 25.3 Å². The van der Waals surface area contributed by atoms with Crippen molar-refractivity contribution < 1.29 is 13.2 Å². The molecule has 0 N–H and O–H groups in total. The van der Waals surface area contributed by atoms with Crippen molar-refractivity contribution in [2.75, 3.05) is 6.61 Å². The van der Waals surface area contributed by atoms with Gasteiger partial charge in [0.25, 0.3) is 9.05 Å². The highest BCUT2D eigenvalue weighted by Crippen LogP contribution is 2.28. The molecule has 108 valence electrons. The topological polar surface area (TPSA) is 48.3 Å². The van der Waals surface area contributed by atoms with E-state index in [0.717, 1.165) is 37.9 Å². The molecule has 0 saturated carbocycles. The minimum atomic E-state index is -3.73. The van der Waals surface area contributed by atoms with Gasteiger partial charge in [0.05, 0.1) is 6.10 Å². The second-order valence-corrected chi connectivity index (χ2v) is 7.60. The first-order valence-corrected chi connectivity index (χ1v) is 9.01. The van der Waals surface area contributed by atoms with Crippen LogP contribution in [0, 0.1) is 0 Å². The summed E-state index contributed by atoms with van der Waals surface area (Å²) >= 11 is 0. The van der Waals surface area contributed by atoms with Crippen LogP contribution in [0.5, 0.6) is 0 Å². The molecule has 2 aromatic rings. The van der Waals surface area contributed by atoms with Gasteiger partial charge in [0.15, 0.2) is 0 Å². The van der Waals surface area contributed by atoms with Gasteiger partial charge in [-0.2, -0.15) is 0 Å². The number of fused-ring (bicyclic) bond motifs is 1. The summed E-state index contributed by atoms with van der Waals surface area (Å²) in [4.78, 5) is 0.183. The van der Waals surface area contributed by atoms with Gasteiger partial charge in [-0.1, -0.05) is 18.2 Å². The maximum atomic E-state index is 11.6. The highest BCUT2D eigenvalue weighted by atomic mass is 35.7. The lowest BCUT2D eigenvalue weighted by Gasteiger charge is -2.10. The van der Waals surface area contributed by atoms with Crippen molar-refractivity contribution in [1.82, 2.24) is 4.57 Å². The van der Waals surface area contributed by atoms with Gasteiger partial charge in [-0.15, -0.1) is 0 Å². The number of benzene rings is 1. The SMILES string of the molecule is O=S(=O)(Cl)c1cn(CCC2CCCO2)c2ccccc12. The molecule has 6 heteroatoms. The Labute approximate surface area is 122 Å². The Morgan fingerprint density at radius 1 is 1.35 bits per heavy atom. The summed E-state index contributed by atoms with van der Waals surface area (Å²) in [7, 11) is 1.79. The fraction of sp³-hybridized carbons (Fsp3) is 0.429. The Morgan fingerprint density at radius 3 is 2.85 bits per heavy atom. The molecule has 20 heavy (non-hydrogen) atoms. The van der Waals surface area contributed by atoms with E-state index in [0.29, 0.717) is 5.39 Å². The minimum Gasteiger partial charge on any atom is -0.378 e. The summed E-state index contributed by atoms with van der Waals surface area (Å²) in [5, 5.41) is 0.676. The van der Waals surface area contributed by atoms with Crippen LogP contribution >= 0.6 is 10.7 Å². The first kappa shape index (κ1) is 13.9. The van der Waals surface area contributed by atoms with Crippen LogP contribution in [0.15, 0.2) is 35.4 Å². The number of aryl methyl sites for hydroxylation is 1. The fourth-order valence-corrected chi connectivity index (χ4v) is 3.80. The number of halogens is 1. The first-order valence-electron chi connectivity index (χ1n) is 6.70.